The van der Waals surface area contributed by atoms with Gasteiger partial charge in [0, 0.05) is 11.1 Å². The topological polar surface area (TPSA) is 37.3 Å². The number of hydrogen-bond donors (Lipinski definition) is 1. The van der Waals surface area contributed by atoms with E-state index < -0.39 is 5.97 Å². The second-order valence-corrected chi connectivity index (χ2v) is 3.88. The Morgan fingerprint density at radius 2 is 1.44 bits per heavy atom. The number of rotatable bonds is 2. The number of hydrogen-bond acceptors (Lipinski definition) is 1. The lowest BCUT2D eigenvalue weighted by Crippen LogP contribution is -1.99. The van der Waals surface area contributed by atoms with Crippen LogP contribution in [-0.4, -0.2) is 11.1 Å². The fraction of sp³-hybridized carbons (Fsp3) is 0.0625. The van der Waals surface area contributed by atoms with E-state index in [1.807, 2.05) is 42.5 Å². The van der Waals surface area contributed by atoms with Crippen LogP contribution in [-0.2, 0) is 11.2 Å². The summed E-state index contributed by atoms with van der Waals surface area (Å²) in [5.74, 6) is 5.28. The van der Waals surface area contributed by atoms with Crippen molar-refractivity contribution in [2.45, 2.75) is 6.42 Å². The summed E-state index contributed by atoms with van der Waals surface area (Å²) in [6, 6.07) is 17.0. The Balaban J connectivity index is 2.12. The monoisotopic (exact) mass is 236 g/mol. The standard InChI is InChI=1S/C16H12O2/c17-16(18)12-15-10-8-14(9-11-15)7-6-13-4-2-1-3-5-13/h1-5,8-11H,12H2,(H,17,18). The lowest BCUT2D eigenvalue weighted by molar-refractivity contribution is -0.136. The molecule has 88 valence electrons. The summed E-state index contributed by atoms with van der Waals surface area (Å²) in [6.07, 6.45) is 0.0480. The largest absolute Gasteiger partial charge is 0.481 e. The van der Waals surface area contributed by atoms with Crippen LogP contribution in [0.3, 0.4) is 0 Å². The second-order valence-electron chi connectivity index (χ2n) is 3.88. The highest BCUT2D eigenvalue weighted by Crippen LogP contribution is 2.04. The van der Waals surface area contributed by atoms with Gasteiger partial charge in [0.05, 0.1) is 6.42 Å². The Hall–Kier alpha value is -2.53. The first-order valence-electron chi connectivity index (χ1n) is 5.62. The van der Waals surface area contributed by atoms with Gasteiger partial charge < -0.3 is 5.11 Å². The zero-order valence-electron chi connectivity index (χ0n) is 9.76. The van der Waals surface area contributed by atoms with Crippen LogP contribution in [0.25, 0.3) is 0 Å². The third-order valence-corrected chi connectivity index (χ3v) is 2.43. The molecule has 2 heteroatoms. The van der Waals surface area contributed by atoms with Crippen molar-refractivity contribution in [1.29, 1.82) is 0 Å². The molecule has 0 bridgehead atoms. The predicted octanol–water partition coefficient (Wildman–Crippen LogP) is 2.71. The first-order chi connectivity index (χ1) is 8.74. The highest BCUT2D eigenvalue weighted by Gasteiger charge is 1.98. The highest BCUT2D eigenvalue weighted by molar-refractivity contribution is 5.70. The Morgan fingerprint density at radius 1 is 0.889 bits per heavy atom. The summed E-state index contributed by atoms with van der Waals surface area (Å²) in [6.45, 7) is 0. The van der Waals surface area contributed by atoms with Crippen molar-refractivity contribution in [3.05, 3.63) is 71.3 Å². The zero-order valence-corrected chi connectivity index (χ0v) is 9.76. The van der Waals surface area contributed by atoms with Crippen molar-refractivity contribution in [3.63, 3.8) is 0 Å². The molecule has 0 radical (unpaired) electrons. The van der Waals surface area contributed by atoms with Crippen LogP contribution in [0.1, 0.15) is 16.7 Å². The third kappa shape index (κ3) is 3.50. The Labute approximate surface area is 106 Å². The molecule has 0 atom stereocenters. The minimum Gasteiger partial charge on any atom is -0.481 e. The molecule has 0 aromatic heterocycles. The average molecular weight is 236 g/mol. The minimum atomic E-state index is -0.821. The molecule has 2 aromatic rings. The molecule has 0 unspecified atom stereocenters. The predicted molar refractivity (Wildman–Crippen MR) is 70.2 cm³/mol. The normalized spacial score (nSPS) is 9.33. The number of carboxylic acid groups (broad SMARTS) is 1. The van der Waals surface area contributed by atoms with E-state index in [0.717, 1.165) is 16.7 Å². The van der Waals surface area contributed by atoms with Gasteiger partial charge in [0.25, 0.3) is 0 Å². The van der Waals surface area contributed by atoms with Gasteiger partial charge >= 0.3 is 5.97 Å². The Bertz CT molecular complexity index is 586. The van der Waals surface area contributed by atoms with Crippen molar-refractivity contribution in [2.75, 3.05) is 0 Å². The number of benzene rings is 2. The molecule has 0 aliphatic rings. The smallest absolute Gasteiger partial charge is 0.307 e. The molecule has 0 saturated heterocycles. The fourth-order valence-electron chi connectivity index (χ4n) is 1.55. The van der Waals surface area contributed by atoms with E-state index in [0.29, 0.717) is 0 Å². The van der Waals surface area contributed by atoms with E-state index >= 15 is 0 Å². The SMILES string of the molecule is O=C(O)Cc1ccc(C#Cc2ccccc2)cc1. The van der Waals surface area contributed by atoms with Gasteiger partial charge in [-0.15, -0.1) is 0 Å². The summed E-state index contributed by atoms with van der Waals surface area (Å²) in [7, 11) is 0. The van der Waals surface area contributed by atoms with Crippen LogP contribution in [0.4, 0.5) is 0 Å². The van der Waals surface area contributed by atoms with Crippen molar-refractivity contribution in [1.82, 2.24) is 0 Å². The van der Waals surface area contributed by atoms with Gasteiger partial charge in [0.15, 0.2) is 0 Å². The van der Waals surface area contributed by atoms with Gasteiger partial charge in [0.1, 0.15) is 0 Å². The molecule has 0 aliphatic heterocycles. The van der Waals surface area contributed by atoms with E-state index in [4.69, 9.17) is 5.11 Å². The molecule has 1 N–H and O–H groups in total. The first kappa shape index (κ1) is 11.9. The number of carboxylic acids is 1. The minimum absolute atomic E-state index is 0.0480. The molecular weight excluding hydrogens is 224 g/mol. The van der Waals surface area contributed by atoms with Gasteiger partial charge in [-0.3, -0.25) is 4.79 Å². The highest BCUT2D eigenvalue weighted by atomic mass is 16.4. The Morgan fingerprint density at radius 3 is 2.00 bits per heavy atom. The van der Waals surface area contributed by atoms with Crippen molar-refractivity contribution >= 4 is 5.97 Å². The van der Waals surface area contributed by atoms with Crippen LogP contribution in [0.5, 0.6) is 0 Å². The molecule has 0 saturated carbocycles. The van der Waals surface area contributed by atoms with E-state index in [-0.39, 0.29) is 6.42 Å². The van der Waals surface area contributed by atoms with Crippen molar-refractivity contribution < 1.29 is 9.90 Å². The lowest BCUT2D eigenvalue weighted by atomic mass is 10.1. The fourth-order valence-corrected chi connectivity index (χ4v) is 1.55. The molecule has 0 aliphatic carbocycles. The molecule has 0 spiro atoms. The van der Waals surface area contributed by atoms with Crippen LogP contribution in [0.2, 0.25) is 0 Å². The second kappa shape index (κ2) is 5.70. The summed E-state index contributed by atoms with van der Waals surface area (Å²) in [5, 5.41) is 8.66. The zero-order chi connectivity index (χ0) is 12.8. The summed E-state index contributed by atoms with van der Waals surface area (Å²) in [4.78, 5) is 10.5. The van der Waals surface area contributed by atoms with Gasteiger partial charge in [-0.1, -0.05) is 42.2 Å². The molecular formula is C16H12O2. The van der Waals surface area contributed by atoms with Crippen molar-refractivity contribution in [3.8, 4) is 11.8 Å². The van der Waals surface area contributed by atoms with Gasteiger partial charge in [-0.2, -0.15) is 0 Å². The molecule has 2 nitrogen and oxygen atoms in total. The molecule has 0 fully saturated rings. The molecule has 2 rings (SSSR count). The van der Waals surface area contributed by atoms with Crippen LogP contribution >= 0.6 is 0 Å². The third-order valence-electron chi connectivity index (χ3n) is 2.43. The molecule has 2 aromatic carbocycles. The summed E-state index contributed by atoms with van der Waals surface area (Å²) >= 11 is 0. The van der Waals surface area contributed by atoms with Crippen LogP contribution < -0.4 is 0 Å². The summed E-state index contributed by atoms with van der Waals surface area (Å²) in [5.41, 5.74) is 2.63. The van der Waals surface area contributed by atoms with Gasteiger partial charge in [0.2, 0.25) is 0 Å². The quantitative estimate of drug-likeness (QED) is 0.814. The lowest BCUT2D eigenvalue weighted by Gasteiger charge is -1.96. The summed E-state index contributed by atoms with van der Waals surface area (Å²) < 4.78 is 0. The van der Waals surface area contributed by atoms with Crippen LogP contribution in [0.15, 0.2) is 54.6 Å². The average Bonchev–Trinajstić information content (AvgIpc) is 2.38. The van der Waals surface area contributed by atoms with E-state index in [2.05, 4.69) is 11.8 Å². The van der Waals surface area contributed by atoms with Gasteiger partial charge in [-0.25, -0.2) is 0 Å². The van der Waals surface area contributed by atoms with E-state index in [9.17, 15) is 4.79 Å². The number of aliphatic carboxylic acids is 1. The maximum absolute atomic E-state index is 10.5. The van der Waals surface area contributed by atoms with Crippen molar-refractivity contribution in [2.24, 2.45) is 0 Å². The maximum atomic E-state index is 10.5. The number of carbonyl (C=O) groups is 1. The maximum Gasteiger partial charge on any atom is 0.307 e. The molecule has 18 heavy (non-hydrogen) atoms. The molecule has 0 amide bonds. The van der Waals surface area contributed by atoms with E-state index in [1.165, 1.54) is 0 Å². The van der Waals surface area contributed by atoms with Gasteiger partial charge in [-0.05, 0) is 29.8 Å². The van der Waals surface area contributed by atoms with Crippen LogP contribution in [0, 0.1) is 11.8 Å². The molecule has 0 heterocycles. The van der Waals surface area contributed by atoms with E-state index in [1.54, 1.807) is 12.1 Å². The first-order valence-corrected chi connectivity index (χ1v) is 5.62. The Kier molecular flexibility index (Phi) is 3.78.